The van der Waals surface area contributed by atoms with Crippen LogP contribution in [0.5, 0.6) is 0 Å². The number of allylic oxidation sites excluding steroid dienone is 1. The van der Waals surface area contributed by atoms with Crippen molar-refractivity contribution in [2.45, 2.75) is 39.0 Å². The molecule has 0 aromatic carbocycles. The molecule has 16 heavy (non-hydrogen) atoms. The van der Waals surface area contributed by atoms with Gasteiger partial charge in [-0.2, -0.15) is 0 Å². The molecule has 0 saturated carbocycles. The van der Waals surface area contributed by atoms with Crippen molar-refractivity contribution in [1.29, 1.82) is 0 Å². The zero-order chi connectivity index (χ0) is 12.3. The Morgan fingerprint density at radius 1 is 1.69 bits per heavy atom. The van der Waals surface area contributed by atoms with Gasteiger partial charge in [-0.1, -0.05) is 6.08 Å². The van der Waals surface area contributed by atoms with Gasteiger partial charge in [0.2, 0.25) is 7.94 Å². The first-order valence-electron chi connectivity index (χ1n) is 5.50. The smallest absolute Gasteiger partial charge is 0.248 e. The van der Waals surface area contributed by atoms with Crippen LogP contribution < -0.4 is 4.89 Å². The Labute approximate surface area is 97.2 Å². The van der Waals surface area contributed by atoms with E-state index in [1.807, 2.05) is 6.92 Å². The Morgan fingerprint density at radius 3 is 2.75 bits per heavy atom. The number of rotatable bonds is 5. The summed E-state index contributed by atoms with van der Waals surface area (Å²) in [4.78, 5) is 24.0. The lowest BCUT2D eigenvalue weighted by Gasteiger charge is -2.27. The van der Waals surface area contributed by atoms with Gasteiger partial charge in [0, 0.05) is 5.92 Å². The lowest BCUT2D eigenvalue weighted by molar-refractivity contribution is -0.218. The van der Waals surface area contributed by atoms with Crippen LogP contribution in [-0.2, 0) is 13.8 Å². The third-order valence-electron chi connectivity index (χ3n) is 2.83. The van der Waals surface area contributed by atoms with Gasteiger partial charge in [-0.15, -0.1) is 6.58 Å². The Kier molecular flexibility index (Phi) is 4.62. The molecule has 0 N–H and O–H groups in total. The molecule has 92 valence electrons. The zero-order valence-electron chi connectivity index (χ0n) is 10.0. The monoisotopic (exact) mass is 246 g/mol. The van der Waals surface area contributed by atoms with Crippen LogP contribution in [0, 0.1) is 5.92 Å². The summed E-state index contributed by atoms with van der Waals surface area (Å²) in [5.41, 5.74) is -0.638. The number of carbonyl (C=O) groups excluding carboxylic acids is 1. The molecule has 1 unspecified atom stereocenters. The van der Waals surface area contributed by atoms with Gasteiger partial charge in [0.05, 0.1) is 6.61 Å². The lowest BCUT2D eigenvalue weighted by atomic mass is 9.94. The van der Waals surface area contributed by atoms with Crippen molar-refractivity contribution in [1.82, 2.24) is 0 Å². The minimum absolute atomic E-state index is 0.0904. The maximum atomic E-state index is 12.4. The SMILES string of the molecule is C=CC[C@@H]1[C@@H](C)O[P+]([O-])(OCC)[C@H]1C(C)=O. The highest BCUT2D eigenvalue weighted by molar-refractivity contribution is 7.61. The van der Waals surface area contributed by atoms with E-state index >= 15 is 0 Å². The molecule has 0 aromatic heterocycles. The van der Waals surface area contributed by atoms with Crippen LogP contribution in [0.2, 0.25) is 0 Å². The van der Waals surface area contributed by atoms with Gasteiger partial charge < -0.3 is 4.89 Å². The van der Waals surface area contributed by atoms with E-state index in [4.69, 9.17) is 9.05 Å². The summed E-state index contributed by atoms with van der Waals surface area (Å²) in [6, 6.07) is 0. The maximum absolute atomic E-state index is 12.4. The van der Waals surface area contributed by atoms with Gasteiger partial charge in [-0.05, 0) is 27.2 Å². The molecule has 1 rings (SSSR count). The Bertz CT molecular complexity index is 281. The van der Waals surface area contributed by atoms with Gasteiger partial charge in [-0.25, -0.2) is 9.05 Å². The van der Waals surface area contributed by atoms with E-state index in [1.165, 1.54) is 6.92 Å². The summed E-state index contributed by atoms with van der Waals surface area (Å²) >= 11 is 0. The van der Waals surface area contributed by atoms with Crippen LogP contribution in [-0.4, -0.2) is 24.2 Å². The minimum atomic E-state index is -3.28. The molecule has 4 atom stereocenters. The quantitative estimate of drug-likeness (QED) is 0.547. The van der Waals surface area contributed by atoms with E-state index in [-0.39, 0.29) is 24.4 Å². The molecule has 4 nitrogen and oxygen atoms in total. The standard InChI is InChI=1S/C11H19O4P/c1-5-7-10-9(4)15-16(13,14-6-2)11(10)8(3)12/h5,9-11H,1,6-7H2,2-4H3/t9-,10-,11+,16?/m1/s1. The first-order chi connectivity index (χ1) is 7.46. The zero-order valence-corrected chi connectivity index (χ0v) is 10.9. The Balaban J connectivity index is 2.96. The molecule has 0 aliphatic carbocycles. The third-order valence-corrected chi connectivity index (χ3v) is 5.50. The third kappa shape index (κ3) is 2.51. The van der Waals surface area contributed by atoms with Gasteiger partial charge >= 0.3 is 0 Å². The van der Waals surface area contributed by atoms with Crippen LogP contribution in [0.25, 0.3) is 0 Å². The Hall–Kier alpha value is -0.280. The second kappa shape index (κ2) is 5.37. The van der Waals surface area contributed by atoms with Crippen molar-refractivity contribution < 1.29 is 18.7 Å². The van der Waals surface area contributed by atoms with Crippen molar-refractivity contribution in [2.75, 3.05) is 6.61 Å². The number of hydrogen-bond donors (Lipinski definition) is 0. The first kappa shape index (κ1) is 13.8. The summed E-state index contributed by atoms with van der Waals surface area (Å²) in [7, 11) is -3.28. The highest BCUT2D eigenvalue weighted by Crippen LogP contribution is 2.66. The van der Waals surface area contributed by atoms with Crippen LogP contribution in [0.1, 0.15) is 27.2 Å². The van der Waals surface area contributed by atoms with E-state index < -0.39 is 13.6 Å². The molecule has 1 saturated heterocycles. The van der Waals surface area contributed by atoms with Crippen molar-refractivity contribution in [3.8, 4) is 0 Å². The summed E-state index contributed by atoms with van der Waals surface area (Å²) in [5, 5.41) is 0. The molecule has 0 aromatic rings. The fourth-order valence-electron chi connectivity index (χ4n) is 2.19. The van der Waals surface area contributed by atoms with Crippen molar-refractivity contribution in [3.63, 3.8) is 0 Å². The average molecular weight is 246 g/mol. The van der Waals surface area contributed by atoms with Crippen LogP contribution in [0.3, 0.4) is 0 Å². The van der Waals surface area contributed by atoms with Crippen LogP contribution in [0.15, 0.2) is 12.7 Å². The summed E-state index contributed by atoms with van der Waals surface area (Å²) in [6.07, 6.45) is 2.11. The minimum Gasteiger partial charge on any atom is -0.631 e. The molecule has 0 radical (unpaired) electrons. The van der Waals surface area contributed by atoms with E-state index in [9.17, 15) is 9.69 Å². The molecule has 1 fully saturated rings. The number of carbonyl (C=O) groups is 1. The number of ketones is 1. The van der Waals surface area contributed by atoms with Gasteiger partial charge in [0.1, 0.15) is 6.10 Å². The highest BCUT2D eigenvalue weighted by atomic mass is 31.2. The van der Waals surface area contributed by atoms with Crippen molar-refractivity contribution in [3.05, 3.63) is 12.7 Å². The average Bonchev–Trinajstić information content (AvgIpc) is 2.39. The van der Waals surface area contributed by atoms with Crippen LogP contribution >= 0.6 is 7.94 Å². The predicted molar refractivity (Wildman–Crippen MR) is 61.9 cm³/mol. The summed E-state index contributed by atoms with van der Waals surface area (Å²) in [6.45, 7) is 8.94. The molecular formula is C11H19O4P. The molecule has 5 heteroatoms. The van der Waals surface area contributed by atoms with E-state index in [0.29, 0.717) is 6.42 Å². The summed E-state index contributed by atoms with van der Waals surface area (Å²) in [5.74, 6) is -0.222. The van der Waals surface area contributed by atoms with Crippen molar-refractivity contribution in [2.24, 2.45) is 5.92 Å². The fraction of sp³-hybridized carbons (Fsp3) is 0.727. The number of Topliss-reactive ketones (excluding diaryl/α,β-unsaturated/α-hetero) is 1. The molecule has 1 heterocycles. The molecule has 1 aliphatic heterocycles. The van der Waals surface area contributed by atoms with Gasteiger partial charge in [-0.3, -0.25) is 4.79 Å². The largest absolute Gasteiger partial charge is 0.631 e. The second-order valence-electron chi connectivity index (χ2n) is 4.01. The van der Waals surface area contributed by atoms with Crippen molar-refractivity contribution >= 4 is 13.7 Å². The van der Waals surface area contributed by atoms with Crippen LogP contribution in [0.4, 0.5) is 0 Å². The topological polar surface area (TPSA) is 58.6 Å². The lowest BCUT2D eigenvalue weighted by Crippen LogP contribution is -2.32. The molecular weight excluding hydrogens is 227 g/mol. The number of hydrogen-bond acceptors (Lipinski definition) is 4. The fourth-order valence-corrected chi connectivity index (χ4v) is 4.81. The van der Waals surface area contributed by atoms with Gasteiger partial charge in [0.25, 0.3) is 0 Å². The second-order valence-corrected chi connectivity index (χ2v) is 6.12. The molecule has 1 aliphatic rings. The highest BCUT2D eigenvalue weighted by Gasteiger charge is 2.58. The van der Waals surface area contributed by atoms with E-state index in [0.717, 1.165) is 0 Å². The summed E-state index contributed by atoms with van der Waals surface area (Å²) < 4.78 is 10.6. The molecule has 0 spiro atoms. The maximum Gasteiger partial charge on any atom is 0.248 e. The molecule has 0 bridgehead atoms. The first-order valence-corrected chi connectivity index (χ1v) is 7.11. The normalized spacial score (nSPS) is 38.6. The Morgan fingerprint density at radius 2 is 2.31 bits per heavy atom. The van der Waals surface area contributed by atoms with E-state index in [1.54, 1.807) is 13.0 Å². The van der Waals surface area contributed by atoms with Gasteiger partial charge in [0.15, 0.2) is 11.4 Å². The predicted octanol–water partition coefficient (Wildman–Crippen LogP) is 1.71. The van der Waals surface area contributed by atoms with E-state index in [2.05, 4.69) is 6.58 Å². The molecule has 0 amide bonds.